The Bertz CT molecular complexity index is 34.7. The molecule has 0 aliphatic rings. The Labute approximate surface area is 82.7 Å². The molecule has 0 atom stereocenters. The van der Waals surface area contributed by atoms with E-state index in [0.717, 1.165) is 0 Å². The van der Waals surface area contributed by atoms with Crippen molar-refractivity contribution in [1.29, 1.82) is 0 Å². The molecule has 0 aliphatic carbocycles. The van der Waals surface area contributed by atoms with Gasteiger partial charge in [0, 0.05) is 0 Å². The van der Waals surface area contributed by atoms with Crippen molar-refractivity contribution in [2.75, 3.05) is 0 Å². The molecular formula is CH7NaO4Pb. The fourth-order valence-corrected chi connectivity index (χ4v) is 0. The zero-order valence-corrected chi connectivity index (χ0v) is 8.51. The average molecular weight is 313 g/mol. The summed E-state index contributed by atoms with van der Waals surface area (Å²) in [5.41, 5.74) is 0. The molecule has 6 heteroatoms. The molecule has 2 radical (unpaired) electrons. The molecule has 0 aliphatic heterocycles. The molecule has 0 heterocycles. The minimum atomic E-state index is -1.83. The molecule has 0 bridgehead atoms. The van der Waals surface area contributed by atoms with Gasteiger partial charge in [-0.2, -0.15) is 0 Å². The molecular weight excluding hydrogens is 306 g/mol. The van der Waals surface area contributed by atoms with E-state index in [1.54, 1.807) is 0 Å². The zero-order chi connectivity index (χ0) is 3.58. The van der Waals surface area contributed by atoms with Gasteiger partial charge in [-0.3, -0.25) is 0 Å². The predicted octanol–water partition coefficient (Wildman–Crippen LogP) is -2.17. The molecule has 0 spiro atoms. The SMILES string of the molecule is O.O=C(O)O.[NaH].[PbH2]. The van der Waals surface area contributed by atoms with Gasteiger partial charge in [-0.15, -0.1) is 0 Å². The third-order valence-corrected chi connectivity index (χ3v) is 0. The Morgan fingerprint density at radius 3 is 1.29 bits per heavy atom. The number of hydrogen-bond donors (Lipinski definition) is 2. The van der Waals surface area contributed by atoms with Gasteiger partial charge in [0.25, 0.3) is 0 Å². The summed E-state index contributed by atoms with van der Waals surface area (Å²) in [5, 5.41) is 13.9. The first-order chi connectivity index (χ1) is 1.73. The number of carbonyl (C=O) groups is 1. The van der Waals surface area contributed by atoms with E-state index in [1.807, 2.05) is 0 Å². The van der Waals surface area contributed by atoms with Crippen molar-refractivity contribution in [2.45, 2.75) is 0 Å². The molecule has 0 rings (SSSR count). The Morgan fingerprint density at radius 2 is 1.29 bits per heavy atom. The molecule has 4 N–H and O–H groups in total. The Kier molecular flexibility index (Phi) is 54.3. The van der Waals surface area contributed by atoms with Gasteiger partial charge >= 0.3 is 63.0 Å². The number of carboxylic acid groups (broad SMARTS) is 2. The fourth-order valence-electron chi connectivity index (χ4n) is 0. The fraction of sp³-hybridized carbons (Fsp3) is 0. The van der Waals surface area contributed by atoms with E-state index in [1.165, 1.54) is 0 Å². The summed E-state index contributed by atoms with van der Waals surface area (Å²) in [6.07, 6.45) is -1.83. The van der Waals surface area contributed by atoms with Crippen molar-refractivity contribution >= 4 is 63.0 Å². The van der Waals surface area contributed by atoms with E-state index in [-0.39, 0.29) is 62.3 Å². The van der Waals surface area contributed by atoms with E-state index in [0.29, 0.717) is 0 Å². The summed E-state index contributed by atoms with van der Waals surface area (Å²) in [4.78, 5) is 8.56. The van der Waals surface area contributed by atoms with Crippen LogP contribution in [0.3, 0.4) is 0 Å². The van der Waals surface area contributed by atoms with Crippen molar-refractivity contribution < 1.29 is 20.5 Å². The summed E-state index contributed by atoms with van der Waals surface area (Å²) in [6, 6.07) is 0. The summed E-state index contributed by atoms with van der Waals surface area (Å²) in [5.74, 6) is 0. The van der Waals surface area contributed by atoms with Gasteiger partial charge in [-0.1, -0.05) is 0 Å². The third-order valence-electron chi connectivity index (χ3n) is 0. The van der Waals surface area contributed by atoms with Gasteiger partial charge in [-0.25, -0.2) is 4.79 Å². The molecule has 0 aromatic heterocycles. The van der Waals surface area contributed by atoms with Crippen LogP contribution in [0.1, 0.15) is 0 Å². The minimum absolute atomic E-state index is 0. The van der Waals surface area contributed by atoms with Gasteiger partial charge in [0.15, 0.2) is 0 Å². The summed E-state index contributed by atoms with van der Waals surface area (Å²) >= 11 is 0. The molecule has 40 valence electrons. The molecule has 0 fully saturated rings. The van der Waals surface area contributed by atoms with Crippen molar-refractivity contribution in [3.63, 3.8) is 0 Å². The topological polar surface area (TPSA) is 89.0 Å². The van der Waals surface area contributed by atoms with Gasteiger partial charge in [0.05, 0.1) is 0 Å². The van der Waals surface area contributed by atoms with Crippen molar-refractivity contribution in [3.8, 4) is 0 Å². The maximum atomic E-state index is 8.56. The quantitative estimate of drug-likeness (QED) is 0.499. The first kappa shape index (κ1) is 24.2. The standard InChI is InChI=1S/CH2O3.Na.H2O.Pb.3H/c2-1(3)4;;;;;;/h(H2,2,3,4);;1H2;;;;. The van der Waals surface area contributed by atoms with Gasteiger partial charge in [0.2, 0.25) is 0 Å². The Hall–Kier alpha value is 1.15. The maximum absolute atomic E-state index is 8.56. The van der Waals surface area contributed by atoms with Crippen LogP contribution in [0.5, 0.6) is 0 Å². The van der Waals surface area contributed by atoms with Crippen LogP contribution in [0.25, 0.3) is 0 Å². The third kappa shape index (κ3) is 143. The summed E-state index contributed by atoms with van der Waals surface area (Å²) in [6.45, 7) is 0. The van der Waals surface area contributed by atoms with Crippen LogP contribution in [0, 0.1) is 0 Å². The van der Waals surface area contributed by atoms with Crippen LogP contribution in [-0.4, -0.2) is 78.7 Å². The predicted molar refractivity (Wildman–Crippen MR) is 30.0 cm³/mol. The van der Waals surface area contributed by atoms with Crippen molar-refractivity contribution in [2.24, 2.45) is 0 Å². The Balaban J connectivity index is -0.0000000150. The van der Waals surface area contributed by atoms with Crippen LogP contribution in [0.15, 0.2) is 0 Å². The second kappa shape index (κ2) is 15.7. The molecule has 0 amide bonds. The number of hydrogen-bond acceptors (Lipinski definition) is 1. The molecule has 0 aromatic carbocycles. The van der Waals surface area contributed by atoms with E-state index < -0.39 is 6.16 Å². The van der Waals surface area contributed by atoms with E-state index in [2.05, 4.69) is 0 Å². The molecule has 0 saturated heterocycles. The van der Waals surface area contributed by atoms with Crippen molar-refractivity contribution in [3.05, 3.63) is 0 Å². The van der Waals surface area contributed by atoms with Gasteiger partial charge < -0.3 is 15.7 Å². The second-order valence-corrected chi connectivity index (χ2v) is 0.283. The second-order valence-electron chi connectivity index (χ2n) is 0.283. The van der Waals surface area contributed by atoms with Gasteiger partial charge in [0.1, 0.15) is 0 Å². The summed E-state index contributed by atoms with van der Waals surface area (Å²) < 4.78 is 0. The average Bonchev–Trinajstić information content (AvgIpc) is 0.811. The zero-order valence-electron chi connectivity index (χ0n) is 3.01. The first-order valence-electron chi connectivity index (χ1n) is 0.651. The van der Waals surface area contributed by atoms with Crippen molar-refractivity contribution in [1.82, 2.24) is 0 Å². The van der Waals surface area contributed by atoms with Crippen LogP contribution in [0.4, 0.5) is 4.79 Å². The molecule has 7 heavy (non-hydrogen) atoms. The van der Waals surface area contributed by atoms with E-state index >= 15 is 0 Å². The summed E-state index contributed by atoms with van der Waals surface area (Å²) in [7, 11) is 0. The Morgan fingerprint density at radius 1 is 1.29 bits per heavy atom. The van der Waals surface area contributed by atoms with Crippen LogP contribution >= 0.6 is 0 Å². The van der Waals surface area contributed by atoms with E-state index in [4.69, 9.17) is 15.0 Å². The first-order valence-corrected chi connectivity index (χ1v) is 0.651. The van der Waals surface area contributed by atoms with E-state index in [9.17, 15) is 0 Å². The molecule has 0 saturated carbocycles. The molecule has 4 nitrogen and oxygen atoms in total. The van der Waals surface area contributed by atoms with Crippen LogP contribution in [0.2, 0.25) is 0 Å². The van der Waals surface area contributed by atoms with Crippen LogP contribution in [-0.2, 0) is 0 Å². The molecule has 0 aromatic rings. The van der Waals surface area contributed by atoms with Crippen LogP contribution < -0.4 is 0 Å². The van der Waals surface area contributed by atoms with Gasteiger partial charge in [-0.05, 0) is 0 Å². The monoisotopic (exact) mass is 314 g/mol. The number of rotatable bonds is 0. The normalized spacial score (nSPS) is 3.43. The molecule has 0 unspecified atom stereocenters.